The van der Waals surface area contributed by atoms with E-state index in [1.54, 1.807) is 28.8 Å². The summed E-state index contributed by atoms with van der Waals surface area (Å²) >= 11 is 5.46. The van der Waals surface area contributed by atoms with Gasteiger partial charge in [-0.1, -0.05) is 59.1 Å². The van der Waals surface area contributed by atoms with E-state index in [4.69, 9.17) is 9.84 Å². The molecule has 3 N–H and O–H groups in total. The molecule has 0 radical (unpaired) electrons. The molecule has 3 fully saturated rings. The Morgan fingerprint density at radius 3 is 2.51 bits per heavy atom. The minimum absolute atomic E-state index is 0.0153. The van der Waals surface area contributed by atoms with Crippen molar-refractivity contribution >= 4 is 51.1 Å². The molecule has 3 saturated heterocycles. The van der Waals surface area contributed by atoms with E-state index < -0.39 is 22.6 Å². The molecule has 3 aliphatic rings. The maximum Gasteiger partial charge on any atom is 0.244 e. The SMILES string of the molecule is CCOc1ccc(NC(=O)[C@H]2[C@@H]3SC4(CC3Br)C(C(=O)NCc3ccccc3)N(CCCCCCO)C(=O)[C@H]24)cc1. The molecule has 8 nitrogen and oxygen atoms in total. The zero-order valence-corrected chi connectivity index (χ0v) is 25.7. The van der Waals surface area contributed by atoms with Crippen LogP contribution in [0.3, 0.4) is 0 Å². The highest BCUT2D eigenvalue weighted by molar-refractivity contribution is 9.09. The van der Waals surface area contributed by atoms with Crippen molar-refractivity contribution < 1.29 is 24.2 Å². The second kappa shape index (κ2) is 13.2. The van der Waals surface area contributed by atoms with E-state index in [2.05, 4.69) is 26.6 Å². The van der Waals surface area contributed by atoms with Crippen LogP contribution in [0.15, 0.2) is 54.6 Å². The number of halogens is 1. The number of benzene rings is 2. The first-order chi connectivity index (χ1) is 19.9. The van der Waals surface area contributed by atoms with E-state index in [9.17, 15) is 14.4 Å². The van der Waals surface area contributed by atoms with Crippen molar-refractivity contribution in [3.05, 3.63) is 60.2 Å². The van der Waals surface area contributed by atoms with Crippen molar-refractivity contribution in [3.8, 4) is 5.75 Å². The minimum atomic E-state index is -0.678. The summed E-state index contributed by atoms with van der Waals surface area (Å²) in [4.78, 5) is 43.6. The Hall–Kier alpha value is -2.56. The van der Waals surface area contributed by atoms with E-state index >= 15 is 0 Å². The van der Waals surface area contributed by atoms with Crippen LogP contribution in [0, 0.1) is 11.8 Å². The Morgan fingerprint density at radius 2 is 1.80 bits per heavy atom. The average Bonchev–Trinajstić information content (AvgIpc) is 3.56. The lowest BCUT2D eigenvalue weighted by Crippen LogP contribution is -2.54. The number of aliphatic hydroxyl groups excluding tert-OH is 1. The molecule has 2 aromatic carbocycles. The number of hydrogen-bond donors (Lipinski definition) is 3. The van der Waals surface area contributed by atoms with Crippen LogP contribution < -0.4 is 15.4 Å². The van der Waals surface area contributed by atoms with Crippen molar-refractivity contribution in [1.82, 2.24) is 10.2 Å². The highest BCUT2D eigenvalue weighted by atomic mass is 79.9. The molecular weight excluding hydrogens is 606 g/mol. The predicted molar refractivity (Wildman–Crippen MR) is 164 cm³/mol. The van der Waals surface area contributed by atoms with Crippen LogP contribution in [0.5, 0.6) is 5.75 Å². The van der Waals surface area contributed by atoms with E-state index in [1.807, 2.05) is 49.4 Å². The Labute approximate surface area is 254 Å². The minimum Gasteiger partial charge on any atom is -0.494 e. The summed E-state index contributed by atoms with van der Waals surface area (Å²) < 4.78 is 4.84. The number of nitrogens with one attached hydrogen (secondary N) is 2. The van der Waals surface area contributed by atoms with Crippen molar-refractivity contribution in [3.63, 3.8) is 0 Å². The number of thioether (sulfide) groups is 1. The summed E-state index contributed by atoms with van der Waals surface area (Å²) in [6.45, 7) is 3.46. The van der Waals surface area contributed by atoms with Gasteiger partial charge in [-0.25, -0.2) is 0 Å². The van der Waals surface area contributed by atoms with Crippen molar-refractivity contribution in [2.24, 2.45) is 11.8 Å². The molecule has 0 saturated carbocycles. The number of likely N-dealkylation sites (tertiary alicyclic amines) is 1. The molecule has 3 aliphatic heterocycles. The molecule has 0 aromatic heterocycles. The third-order valence-electron chi connectivity index (χ3n) is 8.39. The molecule has 2 aromatic rings. The highest BCUT2D eigenvalue weighted by Crippen LogP contribution is 2.67. The highest BCUT2D eigenvalue weighted by Gasteiger charge is 2.75. The van der Waals surface area contributed by atoms with Crippen LogP contribution >= 0.6 is 27.7 Å². The van der Waals surface area contributed by atoms with Gasteiger partial charge >= 0.3 is 0 Å². The van der Waals surface area contributed by atoms with Crippen LogP contribution in [0.1, 0.15) is 44.6 Å². The van der Waals surface area contributed by atoms with Gasteiger partial charge in [-0.3, -0.25) is 14.4 Å². The molecule has 220 valence electrons. The standard InChI is InChI=1S/C31H38BrN3O5S/c1-2-40-22-14-12-21(13-15-22)34-28(37)24-25-30(39)35(16-8-3-4-9-17-36)27(31(25)18-23(32)26(24)41-31)29(38)33-19-20-10-6-5-7-11-20/h5-7,10-15,23-27,36H,2-4,8-9,16-19H2,1H3,(H,33,38)(H,34,37)/t23?,24-,25+,26-,27?,31?/m1/s1. The van der Waals surface area contributed by atoms with E-state index in [-0.39, 0.29) is 34.4 Å². The fraction of sp³-hybridized carbons (Fsp3) is 0.516. The Bertz CT molecular complexity index is 1230. The molecule has 10 heteroatoms. The van der Waals surface area contributed by atoms with Gasteiger partial charge in [-0.2, -0.15) is 0 Å². The van der Waals surface area contributed by atoms with Crippen LogP contribution in [0.2, 0.25) is 0 Å². The largest absolute Gasteiger partial charge is 0.494 e. The lowest BCUT2D eigenvalue weighted by atomic mass is 9.70. The first-order valence-corrected chi connectivity index (χ1v) is 16.3. The molecule has 0 aliphatic carbocycles. The lowest BCUT2D eigenvalue weighted by molar-refractivity contribution is -0.139. The van der Waals surface area contributed by atoms with E-state index in [1.165, 1.54) is 0 Å². The van der Waals surface area contributed by atoms with Gasteiger partial charge in [0.15, 0.2) is 0 Å². The number of aliphatic hydroxyl groups is 1. The third kappa shape index (κ3) is 6.01. The monoisotopic (exact) mass is 643 g/mol. The van der Waals surface area contributed by atoms with Gasteiger partial charge in [0.05, 0.1) is 23.2 Å². The number of carbonyl (C=O) groups excluding carboxylic acids is 3. The summed E-state index contributed by atoms with van der Waals surface area (Å²) in [7, 11) is 0. The summed E-state index contributed by atoms with van der Waals surface area (Å²) in [5.41, 5.74) is 1.64. The normalized spacial score (nSPS) is 28.0. The molecular formula is C31H38BrN3O5S. The fourth-order valence-electron chi connectivity index (χ4n) is 6.63. The molecule has 6 atom stereocenters. The van der Waals surface area contributed by atoms with Crippen LogP contribution in [-0.4, -0.2) is 68.4 Å². The number of anilines is 1. The van der Waals surface area contributed by atoms with Crippen molar-refractivity contribution in [2.75, 3.05) is 25.1 Å². The molecule has 41 heavy (non-hydrogen) atoms. The Balaban J connectivity index is 1.38. The number of alkyl halides is 1. The van der Waals surface area contributed by atoms with Crippen molar-refractivity contribution in [1.29, 1.82) is 0 Å². The molecule has 3 heterocycles. The second-order valence-corrected chi connectivity index (χ2v) is 13.7. The number of rotatable bonds is 13. The summed E-state index contributed by atoms with van der Waals surface area (Å²) in [5, 5.41) is 15.2. The Morgan fingerprint density at radius 1 is 1.07 bits per heavy atom. The first kappa shape index (κ1) is 29.9. The first-order valence-electron chi connectivity index (χ1n) is 14.5. The molecule has 1 spiro atoms. The maximum atomic E-state index is 14.2. The van der Waals surface area contributed by atoms with Crippen LogP contribution in [0.25, 0.3) is 0 Å². The Kier molecular flexibility index (Phi) is 9.61. The van der Waals surface area contributed by atoms with Gasteiger partial charge < -0.3 is 25.4 Å². The zero-order chi connectivity index (χ0) is 29.0. The van der Waals surface area contributed by atoms with Gasteiger partial charge in [0, 0.05) is 35.5 Å². The van der Waals surface area contributed by atoms with Gasteiger partial charge in [-0.05, 0) is 56.0 Å². The summed E-state index contributed by atoms with van der Waals surface area (Å²) in [5.74, 6) is -0.858. The number of nitrogens with zero attached hydrogens (tertiary/aromatic N) is 1. The molecule has 2 bridgehead atoms. The van der Waals surface area contributed by atoms with E-state index in [0.29, 0.717) is 31.8 Å². The van der Waals surface area contributed by atoms with Crippen LogP contribution in [0.4, 0.5) is 5.69 Å². The topological polar surface area (TPSA) is 108 Å². The summed E-state index contributed by atoms with van der Waals surface area (Å²) in [6, 6.07) is 16.3. The number of hydrogen-bond acceptors (Lipinski definition) is 6. The molecule has 3 amide bonds. The van der Waals surface area contributed by atoms with E-state index in [0.717, 1.165) is 37.0 Å². The van der Waals surface area contributed by atoms with Gasteiger partial charge in [0.25, 0.3) is 0 Å². The number of amides is 3. The van der Waals surface area contributed by atoms with Crippen LogP contribution in [-0.2, 0) is 20.9 Å². The lowest BCUT2D eigenvalue weighted by Gasteiger charge is -2.35. The number of carbonyl (C=O) groups is 3. The number of unbranched alkanes of at least 4 members (excludes halogenated alkanes) is 3. The van der Waals surface area contributed by atoms with Gasteiger partial charge in [0.1, 0.15) is 11.8 Å². The zero-order valence-electron chi connectivity index (χ0n) is 23.3. The quantitative estimate of drug-likeness (QED) is 0.221. The third-order valence-corrected chi connectivity index (χ3v) is 11.6. The van der Waals surface area contributed by atoms with Gasteiger partial charge in [0.2, 0.25) is 17.7 Å². The molecule has 5 rings (SSSR count). The summed E-state index contributed by atoms with van der Waals surface area (Å²) in [6.07, 6.45) is 3.84. The fourth-order valence-corrected chi connectivity index (χ4v) is 10.2. The maximum absolute atomic E-state index is 14.2. The molecule has 3 unspecified atom stereocenters. The average molecular weight is 645 g/mol. The number of ether oxygens (including phenoxy) is 1. The number of fused-ring (bicyclic) bond motifs is 1. The second-order valence-electron chi connectivity index (χ2n) is 11.0. The van der Waals surface area contributed by atoms with Crippen molar-refractivity contribution in [2.45, 2.75) is 66.4 Å². The smallest absolute Gasteiger partial charge is 0.244 e. The van der Waals surface area contributed by atoms with Gasteiger partial charge in [-0.15, -0.1) is 11.8 Å². The predicted octanol–water partition coefficient (Wildman–Crippen LogP) is 4.36.